The van der Waals surface area contributed by atoms with Crippen LogP contribution in [0, 0.1) is 5.41 Å². The van der Waals surface area contributed by atoms with Crippen molar-refractivity contribution in [1.82, 2.24) is 5.32 Å². The second-order valence-corrected chi connectivity index (χ2v) is 6.07. The van der Waals surface area contributed by atoms with E-state index in [1.165, 1.54) is 0 Å². The molecule has 1 aliphatic rings. The highest BCUT2D eigenvalue weighted by atomic mass is 35.5. The Morgan fingerprint density at radius 3 is 2.70 bits per heavy atom. The molecule has 1 heterocycles. The first-order valence-electron chi connectivity index (χ1n) is 7.55. The Morgan fingerprint density at radius 1 is 1.43 bits per heavy atom. The lowest BCUT2D eigenvalue weighted by Crippen LogP contribution is -2.50. The van der Waals surface area contributed by atoms with Crippen molar-refractivity contribution >= 4 is 29.9 Å². The van der Waals surface area contributed by atoms with Gasteiger partial charge in [0.2, 0.25) is 5.91 Å². The van der Waals surface area contributed by atoms with Crippen LogP contribution in [-0.2, 0) is 9.53 Å². The molecule has 1 aromatic carbocycles. The maximum Gasteiger partial charge on any atom is 0.227 e. The molecule has 1 atom stereocenters. The van der Waals surface area contributed by atoms with Crippen LogP contribution in [0.3, 0.4) is 0 Å². The Morgan fingerprint density at radius 2 is 2.09 bits per heavy atom. The summed E-state index contributed by atoms with van der Waals surface area (Å²) in [6.45, 7) is 3.80. The highest BCUT2D eigenvalue weighted by Crippen LogP contribution is 2.29. The molecule has 0 aliphatic carbocycles. The van der Waals surface area contributed by atoms with Crippen molar-refractivity contribution < 1.29 is 14.3 Å². The van der Waals surface area contributed by atoms with E-state index in [9.17, 15) is 4.79 Å². The largest absolute Gasteiger partial charge is 0.487 e. The van der Waals surface area contributed by atoms with Crippen LogP contribution < -0.4 is 15.8 Å². The number of nitrogens with one attached hydrogen (secondary N) is 1. The summed E-state index contributed by atoms with van der Waals surface area (Å²) in [5, 5.41) is 3.50. The van der Waals surface area contributed by atoms with Crippen molar-refractivity contribution in [3.8, 4) is 5.75 Å². The monoisotopic (exact) mass is 362 g/mol. The molecule has 1 aliphatic heterocycles. The van der Waals surface area contributed by atoms with Gasteiger partial charge in [-0.3, -0.25) is 4.79 Å². The van der Waals surface area contributed by atoms with E-state index in [2.05, 4.69) is 5.32 Å². The van der Waals surface area contributed by atoms with Gasteiger partial charge in [-0.1, -0.05) is 23.7 Å². The maximum atomic E-state index is 12.4. The molecule has 3 N–H and O–H groups in total. The van der Waals surface area contributed by atoms with E-state index in [1.807, 2.05) is 19.1 Å². The number of hydrogen-bond acceptors (Lipinski definition) is 4. The molecular formula is C16H24Cl2N2O3. The molecule has 5 nitrogen and oxygen atoms in total. The van der Waals surface area contributed by atoms with Gasteiger partial charge in [-0.05, 0) is 31.9 Å². The normalized spacial score (nSPS) is 17.7. The fraction of sp³-hybridized carbons (Fsp3) is 0.562. The summed E-state index contributed by atoms with van der Waals surface area (Å²) >= 11 is 6.05. The SMILES string of the molecule is CC(CNC(=O)C1(CN)CCOCC1)Oc1ccccc1Cl.Cl. The first kappa shape index (κ1) is 20.0. The average Bonchev–Trinajstić information content (AvgIpc) is 2.55. The third kappa shape index (κ3) is 5.24. The average molecular weight is 363 g/mol. The zero-order valence-electron chi connectivity index (χ0n) is 13.2. The number of ether oxygens (including phenoxy) is 2. The minimum Gasteiger partial charge on any atom is -0.487 e. The highest BCUT2D eigenvalue weighted by Gasteiger charge is 2.38. The van der Waals surface area contributed by atoms with Gasteiger partial charge < -0.3 is 20.5 Å². The molecule has 0 aromatic heterocycles. The zero-order valence-corrected chi connectivity index (χ0v) is 14.8. The number of rotatable bonds is 6. The number of carbonyl (C=O) groups is 1. The van der Waals surface area contributed by atoms with E-state index in [0.717, 1.165) is 0 Å². The number of carbonyl (C=O) groups excluding carboxylic acids is 1. The van der Waals surface area contributed by atoms with Gasteiger partial charge in [-0.2, -0.15) is 0 Å². The fourth-order valence-corrected chi connectivity index (χ4v) is 2.69. The summed E-state index contributed by atoms with van der Waals surface area (Å²) in [6, 6.07) is 7.28. The molecule has 0 spiro atoms. The van der Waals surface area contributed by atoms with Gasteiger partial charge in [0.15, 0.2) is 0 Å². The summed E-state index contributed by atoms with van der Waals surface area (Å²) in [5.41, 5.74) is 5.31. The molecule has 0 saturated carbocycles. The van der Waals surface area contributed by atoms with Crippen molar-refractivity contribution in [2.45, 2.75) is 25.9 Å². The van der Waals surface area contributed by atoms with Crippen LogP contribution in [-0.4, -0.2) is 38.3 Å². The zero-order chi connectivity index (χ0) is 16.0. The van der Waals surface area contributed by atoms with Gasteiger partial charge in [0, 0.05) is 19.8 Å². The number of para-hydroxylation sites is 1. The molecule has 23 heavy (non-hydrogen) atoms. The predicted molar refractivity (Wildman–Crippen MR) is 93.3 cm³/mol. The van der Waals surface area contributed by atoms with Crippen LogP contribution in [0.15, 0.2) is 24.3 Å². The van der Waals surface area contributed by atoms with E-state index >= 15 is 0 Å². The Kier molecular flexibility index (Phi) is 8.12. The van der Waals surface area contributed by atoms with E-state index in [-0.39, 0.29) is 24.4 Å². The first-order chi connectivity index (χ1) is 10.6. The number of halogens is 2. The van der Waals surface area contributed by atoms with E-state index in [1.54, 1.807) is 12.1 Å². The summed E-state index contributed by atoms with van der Waals surface area (Å²) in [4.78, 5) is 12.4. The summed E-state index contributed by atoms with van der Waals surface area (Å²) in [5.74, 6) is 0.596. The minimum atomic E-state index is -0.512. The van der Waals surface area contributed by atoms with Crippen LogP contribution >= 0.6 is 24.0 Å². The molecule has 1 saturated heterocycles. The molecule has 1 unspecified atom stereocenters. The van der Waals surface area contributed by atoms with Crippen LogP contribution in [0.2, 0.25) is 5.02 Å². The molecule has 1 amide bonds. The number of amides is 1. The van der Waals surface area contributed by atoms with Crippen molar-refractivity contribution in [2.24, 2.45) is 11.1 Å². The Hall–Kier alpha value is -1.01. The Bertz CT molecular complexity index is 508. The van der Waals surface area contributed by atoms with Gasteiger partial charge in [-0.25, -0.2) is 0 Å². The third-order valence-corrected chi connectivity index (χ3v) is 4.35. The molecule has 1 aromatic rings. The topological polar surface area (TPSA) is 73.6 Å². The lowest BCUT2D eigenvalue weighted by molar-refractivity contribution is -0.136. The molecular weight excluding hydrogens is 339 g/mol. The van der Waals surface area contributed by atoms with E-state index < -0.39 is 5.41 Å². The highest BCUT2D eigenvalue weighted by molar-refractivity contribution is 6.32. The summed E-state index contributed by atoms with van der Waals surface area (Å²) in [7, 11) is 0. The van der Waals surface area contributed by atoms with Crippen molar-refractivity contribution in [2.75, 3.05) is 26.3 Å². The maximum absolute atomic E-state index is 12.4. The Labute approximate surface area is 148 Å². The standard InChI is InChI=1S/C16H23ClN2O3.ClH/c1-12(22-14-5-3-2-4-13(14)17)10-19-15(20)16(11-18)6-8-21-9-7-16;/h2-5,12H,6-11,18H2,1H3,(H,19,20);1H. The van der Waals surface area contributed by atoms with E-state index in [4.69, 9.17) is 26.8 Å². The van der Waals surface area contributed by atoms with Crippen molar-refractivity contribution in [3.63, 3.8) is 0 Å². The third-order valence-electron chi connectivity index (χ3n) is 4.04. The molecule has 130 valence electrons. The van der Waals surface area contributed by atoms with E-state index in [0.29, 0.717) is 49.9 Å². The van der Waals surface area contributed by atoms with Gasteiger partial charge in [0.25, 0.3) is 0 Å². The molecule has 2 rings (SSSR count). The molecule has 0 bridgehead atoms. The van der Waals surface area contributed by atoms with Crippen LogP contribution in [0.5, 0.6) is 5.75 Å². The number of hydrogen-bond donors (Lipinski definition) is 2. The molecule has 0 radical (unpaired) electrons. The van der Waals surface area contributed by atoms with Crippen LogP contribution in [0.25, 0.3) is 0 Å². The summed E-state index contributed by atoms with van der Waals surface area (Å²) in [6.07, 6.45) is 1.14. The summed E-state index contributed by atoms with van der Waals surface area (Å²) < 4.78 is 11.1. The lowest BCUT2D eigenvalue weighted by atomic mass is 9.79. The van der Waals surface area contributed by atoms with Crippen LogP contribution in [0.4, 0.5) is 0 Å². The Balaban J connectivity index is 0.00000264. The molecule has 7 heteroatoms. The lowest BCUT2D eigenvalue weighted by Gasteiger charge is -2.34. The fourth-order valence-electron chi connectivity index (χ4n) is 2.51. The number of nitrogens with two attached hydrogens (primary N) is 1. The quantitative estimate of drug-likeness (QED) is 0.814. The van der Waals surface area contributed by atoms with Gasteiger partial charge in [-0.15, -0.1) is 12.4 Å². The van der Waals surface area contributed by atoms with Crippen molar-refractivity contribution in [3.05, 3.63) is 29.3 Å². The predicted octanol–water partition coefficient (Wildman–Crippen LogP) is 2.40. The van der Waals surface area contributed by atoms with Gasteiger partial charge >= 0.3 is 0 Å². The second-order valence-electron chi connectivity index (χ2n) is 5.67. The van der Waals surface area contributed by atoms with Gasteiger partial charge in [0.05, 0.1) is 17.0 Å². The van der Waals surface area contributed by atoms with Crippen LogP contribution in [0.1, 0.15) is 19.8 Å². The minimum absolute atomic E-state index is 0. The first-order valence-corrected chi connectivity index (χ1v) is 7.92. The smallest absolute Gasteiger partial charge is 0.227 e. The van der Waals surface area contributed by atoms with Crippen molar-refractivity contribution in [1.29, 1.82) is 0 Å². The van der Waals surface area contributed by atoms with Gasteiger partial charge in [0.1, 0.15) is 11.9 Å². The second kappa shape index (κ2) is 9.33. The number of benzene rings is 1. The molecule has 1 fully saturated rings.